The standard InChI is InChI=1S/C17H17ClO3/c1-10-5-6-11(2)13(9-10)16(19)12-7-8-14(20-3)15(18)17(12)21-4/h5-9H,1-4H3. The molecule has 0 spiro atoms. The number of hydrogen-bond donors (Lipinski definition) is 0. The van der Waals surface area contributed by atoms with Gasteiger partial charge in [-0.25, -0.2) is 0 Å². The van der Waals surface area contributed by atoms with Crippen LogP contribution in [0.25, 0.3) is 0 Å². The van der Waals surface area contributed by atoms with Crippen LogP contribution in [-0.4, -0.2) is 20.0 Å². The fourth-order valence-electron chi connectivity index (χ4n) is 2.20. The van der Waals surface area contributed by atoms with Gasteiger partial charge in [0, 0.05) is 5.56 Å². The fraction of sp³-hybridized carbons (Fsp3) is 0.235. The highest BCUT2D eigenvalue weighted by molar-refractivity contribution is 6.34. The number of carbonyl (C=O) groups excluding carboxylic acids is 1. The number of benzene rings is 2. The lowest BCUT2D eigenvalue weighted by molar-refractivity contribution is 0.103. The average molecular weight is 305 g/mol. The number of hydrogen-bond acceptors (Lipinski definition) is 3. The lowest BCUT2D eigenvalue weighted by atomic mass is 9.96. The predicted molar refractivity (Wildman–Crippen MR) is 83.9 cm³/mol. The summed E-state index contributed by atoms with van der Waals surface area (Å²) in [6.07, 6.45) is 0. The third kappa shape index (κ3) is 2.88. The van der Waals surface area contributed by atoms with Crippen molar-refractivity contribution < 1.29 is 14.3 Å². The maximum absolute atomic E-state index is 12.8. The Balaban J connectivity index is 2.58. The first-order valence-electron chi connectivity index (χ1n) is 6.52. The lowest BCUT2D eigenvalue weighted by Crippen LogP contribution is -2.07. The average Bonchev–Trinajstić information content (AvgIpc) is 2.48. The molecule has 2 aromatic rings. The van der Waals surface area contributed by atoms with E-state index in [0.717, 1.165) is 11.1 Å². The Morgan fingerprint density at radius 1 is 1.00 bits per heavy atom. The fourth-order valence-corrected chi connectivity index (χ4v) is 2.52. The molecular formula is C17H17ClO3. The van der Waals surface area contributed by atoms with Crippen molar-refractivity contribution in [3.63, 3.8) is 0 Å². The molecule has 4 heteroatoms. The Bertz CT molecular complexity index is 693. The summed E-state index contributed by atoms with van der Waals surface area (Å²) in [7, 11) is 3.01. The van der Waals surface area contributed by atoms with Crippen LogP contribution in [0.4, 0.5) is 0 Å². The third-order valence-corrected chi connectivity index (χ3v) is 3.73. The second kappa shape index (κ2) is 6.19. The normalized spacial score (nSPS) is 10.3. The van der Waals surface area contributed by atoms with Gasteiger partial charge in [-0.2, -0.15) is 0 Å². The smallest absolute Gasteiger partial charge is 0.197 e. The number of ketones is 1. The molecule has 0 saturated heterocycles. The second-order valence-electron chi connectivity index (χ2n) is 4.81. The van der Waals surface area contributed by atoms with Gasteiger partial charge >= 0.3 is 0 Å². The first-order chi connectivity index (χ1) is 9.99. The SMILES string of the molecule is COc1ccc(C(=O)c2cc(C)ccc2C)c(OC)c1Cl. The lowest BCUT2D eigenvalue weighted by Gasteiger charge is -2.13. The monoisotopic (exact) mass is 304 g/mol. The van der Waals surface area contributed by atoms with Crippen molar-refractivity contribution in [2.24, 2.45) is 0 Å². The summed E-state index contributed by atoms with van der Waals surface area (Å²) in [5.41, 5.74) is 3.02. The maximum Gasteiger partial charge on any atom is 0.197 e. The number of aryl methyl sites for hydroxylation is 2. The van der Waals surface area contributed by atoms with Gasteiger partial charge in [-0.3, -0.25) is 4.79 Å². The molecule has 2 rings (SSSR count). The van der Waals surface area contributed by atoms with Crippen LogP contribution in [0.1, 0.15) is 27.0 Å². The molecule has 21 heavy (non-hydrogen) atoms. The van der Waals surface area contributed by atoms with Crippen LogP contribution in [0.15, 0.2) is 30.3 Å². The molecule has 0 aliphatic carbocycles. The molecule has 0 amide bonds. The van der Waals surface area contributed by atoms with Crippen LogP contribution in [-0.2, 0) is 0 Å². The zero-order valence-corrected chi connectivity index (χ0v) is 13.2. The van der Waals surface area contributed by atoms with Gasteiger partial charge in [-0.05, 0) is 37.6 Å². The number of carbonyl (C=O) groups is 1. The summed E-state index contributed by atoms with van der Waals surface area (Å²) in [6, 6.07) is 9.12. The number of halogens is 1. The molecule has 0 aliphatic heterocycles. The maximum atomic E-state index is 12.8. The molecule has 0 fully saturated rings. The molecule has 0 aliphatic rings. The van der Waals surface area contributed by atoms with Crippen LogP contribution < -0.4 is 9.47 Å². The van der Waals surface area contributed by atoms with Crippen LogP contribution in [0.3, 0.4) is 0 Å². The largest absolute Gasteiger partial charge is 0.495 e. The Kier molecular flexibility index (Phi) is 4.53. The van der Waals surface area contributed by atoms with Crippen molar-refractivity contribution in [1.82, 2.24) is 0 Å². The highest BCUT2D eigenvalue weighted by Gasteiger charge is 2.21. The summed E-state index contributed by atoms with van der Waals surface area (Å²) in [5.74, 6) is 0.700. The minimum absolute atomic E-state index is 0.113. The first-order valence-corrected chi connectivity index (χ1v) is 6.89. The van der Waals surface area contributed by atoms with Gasteiger partial charge in [0.25, 0.3) is 0 Å². The van der Waals surface area contributed by atoms with Crippen molar-refractivity contribution in [2.75, 3.05) is 14.2 Å². The highest BCUT2D eigenvalue weighted by Crippen LogP contribution is 2.38. The summed E-state index contributed by atoms with van der Waals surface area (Å²) < 4.78 is 10.4. The van der Waals surface area contributed by atoms with E-state index in [-0.39, 0.29) is 5.78 Å². The van der Waals surface area contributed by atoms with Gasteiger partial charge in [-0.15, -0.1) is 0 Å². The Labute approximate surface area is 129 Å². The van der Waals surface area contributed by atoms with E-state index in [1.807, 2.05) is 32.0 Å². The Hall–Kier alpha value is -2.00. The molecule has 0 saturated carbocycles. The molecule has 0 unspecified atom stereocenters. The number of methoxy groups -OCH3 is 2. The van der Waals surface area contributed by atoms with E-state index in [1.165, 1.54) is 14.2 Å². The topological polar surface area (TPSA) is 35.5 Å². The van der Waals surface area contributed by atoms with E-state index in [9.17, 15) is 4.79 Å². The van der Waals surface area contributed by atoms with Gasteiger partial charge in [0.05, 0.1) is 19.8 Å². The Morgan fingerprint density at radius 3 is 2.33 bits per heavy atom. The van der Waals surface area contributed by atoms with Crippen molar-refractivity contribution >= 4 is 17.4 Å². The van der Waals surface area contributed by atoms with Crippen LogP contribution >= 0.6 is 11.6 Å². The summed E-state index contributed by atoms with van der Waals surface area (Å²) >= 11 is 6.21. The van der Waals surface area contributed by atoms with Crippen molar-refractivity contribution in [1.29, 1.82) is 0 Å². The molecule has 2 aromatic carbocycles. The number of ether oxygens (including phenoxy) is 2. The van der Waals surface area contributed by atoms with Crippen molar-refractivity contribution in [3.05, 3.63) is 57.6 Å². The van der Waals surface area contributed by atoms with Crippen molar-refractivity contribution in [3.8, 4) is 11.5 Å². The molecule has 0 N–H and O–H groups in total. The Morgan fingerprint density at radius 2 is 1.71 bits per heavy atom. The molecule has 0 aromatic heterocycles. The molecule has 0 heterocycles. The third-order valence-electron chi connectivity index (χ3n) is 3.37. The van der Waals surface area contributed by atoms with E-state index in [2.05, 4.69) is 0 Å². The molecule has 0 atom stereocenters. The number of rotatable bonds is 4. The van der Waals surface area contributed by atoms with Gasteiger partial charge in [-0.1, -0.05) is 29.3 Å². The zero-order chi connectivity index (χ0) is 15.6. The second-order valence-corrected chi connectivity index (χ2v) is 5.19. The van der Waals surface area contributed by atoms with Gasteiger partial charge < -0.3 is 9.47 Å². The van der Waals surface area contributed by atoms with E-state index in [1.54, 1.807) is 12.1 Å². The van der Waals surface area contributed by atoms with E-state index >= 15 is 0 Å². The van der Waals surface area contributed by atoms with E-state index in [0.29, 0.717) is 27.6 Å². The zero-order valence-electron chi connectivity index (χ0n) is 12.5. The highest BCUT2D eigenvalue weighted by atomic mass is 35.5. The van der Waals surface area contributed by atoms with Crippen LogP contribution in [0.5, 0.6) is 11.5 Å². The van der Waals surface area contributed by atoms with Gasteiger partial charge in [0.15, 0.2) is 11.5 Å². The summed E-state index contributed by atoms with van der Waals surface area (Å²) in [5, 5.41) is 0.302. The van der Waals surface area contributed by atoms with E-state index < -0.39 is 0 Å². The quantitative estimate of drug-likeness (QED) is 0.794. The first kappa shape index (κ1) is 15.4. The molecule has 0 bridgehead atoms. The molecule has 110 valence electrons. The van der Waals surface area contributed by atoms with Crippen LogP contribution in [0.2, 0.25) is 5.02 Å². The minimum Gasteiger partial charge on any atom is -0.495 e. The molecule has 0 radical (unpaired) electrons. The van der Waals surface area contributed by atoms with Crippen molar-refractivity contribution in [2.45, 2.75) is 13.8 Å². The van der Waals surface area contributed by atoms with Crippen LogP contribution in [0, 0.1) is 13.8 Å². The predicted octanol–water partition coefficient (Wildman–Crippen LogP) is 4.21. The van der Waals surface area contributed by atoms with Gasteiger partial charge in [0.1, 0.15) is 10.8 Å². The molecule has 3 nitrogen and oxygen atoms in total. The van der Waals surface area contributed by atoms with Gasteiger partial charge in [0.2, 0.25) is 0 Å². The summed E-state index contributed by atoms with van der Waals surface area (Å²) in [4.78, 5) is 12.8. The van der Waals surface area contributed by atoms with E-state index in [4.69, 9.17) is 21.1 Å². The summed E-state index contributed by atoms with van der Waals surface area (Å²) in [6.45, 7) is 3.86. The minimum atomic E-state index is -0.113. The molecular weight excluding hydrogens is 288 g/mol.